The summed E-state index contributed by atoms with van der Waals surface area (Å²) in [6.07, 6.45) is 0. The lowest BCUT2D eigenvalue weighted by atomic mass is 10.2. The lowest BCUT2D eigenvalue weighted by Crippen LogP contribution is -2.14. The molecule has 6 nitrogen and oxygen atoms in total. The van der Waals surface area contributed by atoms with Crippen LogP contribution in [0.2, 0.25) is 0 Å². The van der Waals surface area contributed by atoms with Gasteiger partial charge in [0.2, 0.25) is 0 Å². The van der Waals surface area contributed by atoms with Crippen molar-refractivity contribution in [3.8, 4) is 11.5 Å². The van der Waals surface area contributed by atoms with Crippen LogP contribution >= 0.6 is 0 Å². The maximum Gasteiger partial charge on any atom is 0.337 e. The van der Waals surface area contributed by atoms with Gasteiger partial charge in [-0.15, -0.1) is 0 Å². The summed E-state index contributed by atoms with van der Waals surface area (Å²) < 4.78 is 15.5. The van der Waals surface area contributed by atoms with E-state index in [1.54, 1.807) is 18.2 Å². The molecule has 1 aromatic rings. The Kier molecular flexibility index (Phi) is 5.96. The van der Waals surface area contributed by atoms with Crippen molar-refractivity contribution in [2.75, 3.05) is 33.4 Å². The Morgan fingerprint density at radius 2 is 1.72 bits per heavy atom. The molecule has 0 spiro atoms. The Hall–Kier alpha value is -1.79. The van der Waals surface area contributed by atoms with Crippen LogP contribution in [0.15, 0.2) is 18.2 Å². The monoisotopic (exact) mass is 254 g/mol. The summed E-state index contributed by atoms with van der Waals surface area (Å²) in [7, 11) is 1.32. The molecule has 0 aliphatic carbocycles. The number of carbonyl (C=O) groups is 1. The minimum Gasteiger partial charge on any atom is -0.488 e. The number of hydrogen-bond donors (Lipinski definition) is 2. The molecule has 18 heavy (non-hydrogen) atoms. The second-order valence-electron chi connectivity index (χ2n) is 3.43. The third-order valence-electron chi connectivity index (χ3n) is 2.12. The topological polar surface area (TPSA) is 96.8 Å². The first kappa shape index (κ1) is 14.3. The molecule has 0 aliphatic rings. The summed E-state index contributed by atoms with van der Waals surface area (Å²) in [5.41, 5.74) is 11.1. The van der Waals surface area contributed by atoms with E-state index in [2.05, 4.69) is 4.74 Å². The molecular formula is C12H18N2O4. The van der Waals surface area contributed by atoms with Crippen LogP contribution in [-0.4, -0.2) is 39.4 Å². The molecule has 0 atom stereocenters. The predicted octanol–water partition coefficient (Wildman–Crippen LogP) is 0.148. The molecule has 0 aromatic heterocycles. The van der Waals surface area contributed by atoms with Crippen molar-refractivity contribution >= 4 is 5.97 Å². The first-order valence-corrected chi connectivity index (χ1v) is 5.61. The van der Waals surface area contributed by atoms with Crippen LogP contribution in [0, 0.1) is 0 Å². The second-order valence-corrected chi connectivity index (χ2v) is 3.43. The smallest absolute Gasteiger partial charge is 0.337 e. The van der Waals surface area contributed by atoms with Crippen molar-refractivity contribution in [3.05, 3.63) is 23.8 Å². The summed E-state index contributed by atoms with van der Waals surface area (Å²) in [6, 6.07) is 4.81. The van der Waals surface area contributed by atoms with Gasteiger partial charge in [0.15, 0.2) is 11.5 Å². The number of rotatable bonds is 7. The number of methoxy groups -OCH3 is 1. The Balaban J connectivity index is 2.92. The average Bonchev–Trinajstić information content (AvgIpc) is 2.42. The van der Waals surface area contributed by atoms with Crippen molar-refractivity contribution in [1.29, 1.82) is 0 Å². The first-order chi connectivity index (χ1) is 8.72. The van der Waals surface area contributed by atoms with Crippen molar-refractivity contribution in [1.82, 2.24) is 0 Å². The molecule has 1 rings (SSSR count). The van der Waals surface area contributed by atoms with Crippen LogP contribution in [0.25, 0.3) is 0 Å². The molecule has 0 unspecified atom stereocenters. The fourth-order valence-electron chi connectivity index (χ4n) is 1.32. The number of carbonyl (C=O) groups excluding carboxylic acids is 1. The zero-order chi connectivity index (χ0) is 13.4. The second kappa shape index (κ2) is 7.52. The van der Waals surface area contributed by atoms with E-state index in [0.717, 1.165) is 0 Å². The van der Waals surface area contributed by atoms with Gasteiger partial charge in [0.05, 0.1) is 12.7 Å². The van der Waals surface area contributed by atoms with E-state index in [0.29, 0.717) is 43.4 Å². The highest BCUT2D eigenvalue weighted by molar-refractivity contribution is 5.90. The van der Waals surface area contributed by atoms with Gasteiger partial charge < -0.3 is 25.7 Å². The van der Waals surface area contributed by atoms with Crippen molar-refractivity contribution in [2.24, 2.45) is 11.5 Å². The van der Waals surface area contributed by atoms with Gasteiger partial charge in [-0.2, -0.15) is 0 Å². The molecule has 100 valence electrons. The first-order valence-electron chi connectivity index (χ1n) is 5.61. The van der Waals surface area contributed by atoms with Crippen LogP contribution in [0.1, 0.15) is 10.4 Å². The van der Waals surface area contributed by atoms with Crippen molar-refractivity contribution in [2.45, 2.75) is 0 Å². The van der Waals surface area contributed by atoms with Gasteiger partial charge in [0.25, 0.3) is 0 Å². The quantitative estimate of drug-likeness (QED) is 0.672. The molecule has 0 saturated heterocycles. The van der Waals surface area contributed by atoms with E-state index in [4.69, 9.17) is 20.9 Å². The number of esters is 1. The van der Waals surface area contributed by atoms with E-state index in [1.165, 1.54) is 7.11 Å². The number of nitrogens with two attached hydrogens (primary N) is 2. The number of ether oxygens (including phenoxy) is 3. The third kappa shape index (κ3) is 3.90. The Morgan fingerprint density at radius 1 is 1.11 bits per heavy atom. The molecule has 0 fully saturated rings. The van der Waals surface area contributed by atoms with E-state index >= 15 is 0 Å². The van der Waals surface area contributed by atoms with Crippen LogP contribution < -0.4 is 20.9 Å². The van der Waals surface area contributed by atoms with Gasteiger partial charge in [-0.05, 0) is 18.2 Å². The highest BCUT2D eigenvalue weighted by Crippen LogP contribution is 2.28. The Morgan fingerprint density at radius 3 is 2.28 bits per heavy atom. The predicted molar refractivity (Wildman–Crippen MR) is 66.9 cm³/mol. The highest BCUT2D eigenvalue weighted by atomic mass is 16.5. The fraction of sp³-hybridized carbons (Fsp3) is 0.417. The Bertz CT molecular complexity index is 396. The van der Waals surface area contributed by atoms with E-state index in [-0.39, 0.29) is 0 Å². The van der Waals surface area contributed by atoms with E-state index in [1.807, 2.05) is 0 Å². The van der Waals surface area contributed by atoms with Crippen molar-refractivity contribution in [3.63, 3.8) is 0 Å². The minimum atomic E-state index is -0.432. The number of hydrogen-bond acceptors (Lipinski definition) is 6. The summed E-state index contributed by atoms with van der Waals surface area (Å²) in [5.74, 6) is 0.552. The minimum absolute atomic E-state index is 0.337. The third-order valence-corrected chi connectivity index (χ3v) is 2.12. The molecule has 0 radical (unpaired) electrons. The van der Waals surface area contributed by atoms with Crippen LogP contribution in [0.5, 0.6) is 11.5 Å². The number of benzene rings is 1. The summed E-state index contributed by atoms with van der Waals surface area (Å²) in [6.45, 7) is 1.48. The molecule has 1 aromatic carbocycles. The maximum absolute atomic E-state index is 11.4. The van der Waals surface area contributed by atoms with Crippen LogP contribution in [0.3, 0.4) is 0 Å². The largest absolute Gasteiger partial charge is 0.488 e. The van der Waals surface area contributed by atoms with Gasteiger partial charge in [-0.3, -0.25) is 0 Å². The maximum atomic E-state index is 11.4. The molecule has 0 aliphatic heterocycles. The zero-order valence-electron chi connectivity index (χ0n) is 10.3. The molecule has 0 bridgehead atoms. The zero-order valence-corrected chi connectivity index (χ0v) is 10.3. The van der Waals surface area contributed by atoms with Gasteiger partial charge in [-0.25, -0.2) is 4.79 Å². The summed E-state index contributed by atoms with van der Waals surface area (Å²) >= 11 is 0. The van der Waals surface area contributed by atoms with Gasteiger partial charge in [0, 0.05) is 13.1 Å². The van der Waals surface area contributed by atoms with E-state index < -0.39 is 5.97 Å². The molecule has 0 saturated carbocycles. The highest BCUT2D eigenvalue weighted by Gasteiger charge is 2.11. The summed E-state index contributed by atoms with van der Waals surface area (Å²) in [4.78, 5) is 11.4. The average molecular weight is 254 g/mol. The lowest BCUT2D eigenvalue weighted by Gasteiger charge is -2.12. The standard InChI is InChI=1S/C12H18N2O4/c1-16-12(15)9-2-3-10(17-6-4-13)11(8-9)18-7-5-14/h2-3,8H,4-7,13-14H2,1H3. The van der Waals surface area contributed by atoms with Crippen LogP contribution in [0.4, 0.5) is 0 Å². The fourth-order valence-corrected chi connectivity index (χ4v) is 1.32. The molecule has 6 heteroatoms. The SMILES string of the molecule is COC(=O)c1ccc(OCCN)c(OCCN)c1. The molecule has 4 N–H and O–H groups in total. The van der Waals surface area contributed by atoms with Gasteiger partial charge in [-0.1, -0.05) is 0 Å². The molecule has 0 heterocycles. The molecule has 0 amide bonds. The van der Waals surface area contributed by atoms with Crippen molar-refractivity contribution < 1.29 is 19.0 Å². The lowest BCUT2D eigenvalue weighted by molar-refractivity contribution is 0.0600. The van der Waals surface area contributed by atoms with E-state index in [9.17, 15) is 4.79 Å². The normalized spacial score (nSPS) is 9.94. The summed E-state index contributed by atoms with van der Waals surface area (Å²) in [5, 5.41) is 0. The molecular weight excluding hydrogens is 236 g/mol. The van der Waals surface area contributed by atoms with Crippen LogP contribution in [-0.2, 0) is 4.74 Å². The van der Waals surface area contributed by atoms with Gasteiger partial charge >= 0.3 is 5.97 Å². The van der Waals surface area contributed by atoms with Gasteiger partial charge in [0.1, 0.15) is 13.2 Å². The Labute approximate surface area is 106 Å².